The number of hydrogen-bond acceptors (Lipinski definition) is 7. The molecule has 9 heteroatoms. The summed E-state index contributed by atoms with van der Waals surface area (Å²) in [7, 11) is 1.87. The van der Waals surface area contributed by atoms with Crippen LogP contribution in [0.4, 0.5) is 5.95 Å². The molecule has 0 bridgehead atoms. The van der Waals surface area contributed by atoms with E-state index in [1.807, 2.05) is 57.3 Å². The van der Waals surface area contributed by atoms with Crippen molar-refractivity contribution in [1.29, 1.82) is 0 Å². The van der Waals surface area contributed by atoms with Gasteiger partial charge in [-0.1, -0.05) is 24.3 Å². The van der Waals surface area contributed by atoms with Crippen LogP contribution in [0.2, 0.25) is 0 Å². The molecule has 4 rings (SSSR count). The average molecular weight is 435 g/mol. The molecule has 0 spiro atoms. The summed E-state index contributed by atoms with van der Waals surface area (Å²) in [6, 6.07) is 11.2. The molecule has 0 aliphatic heterocycles. The van der Waals surface area contributed by atoms with E-state index in [0.717, 1.165) is 28.2 Å². The molecule has 0 saturated carbocycles. The van der Waals surface area contributed by atoms with Crippen LogP contribution in [0.15, 0.2) is 47.4 Å². The van der Waals surface area contributed by atoms with Crippen molar-refractivity contribution in [2.75, 3.05) is 18.5 Å². The fourth-order valence-electron chi connectivity index (χ4n) is 3.65. The zero-order valence-corrected chi connectivity index (χ0v) is 18.3. The molecule has 1 aromatic carbocycles. The molecule has 9 nitrogen and oxygen atoms in total. The summed E-state index contributed by atoms with van der Waals surface area (Å²) in [6.07, 6.45) is 1.58. The van der Waals surface area contributed by atoms with E-state index >= 15 is 0 Å². The molecule has 0 amide bonds. The minimum atomic E-state index is -0.614. The molecule has 166 valence electrons. The van der Waals surface area contributed by atoms with Gasteiger partial charge < -0.3 is 20.1 Å². The van der Waals surface area contributed by atoms with Crippen LogP contribution < -0.4 is 10.9 Å². The predicted molar refractivity (Wildman–Crippen MR) is 123 cm³/mol. The van der Waals surface area contributed by atoms with Crippen LogP contribution in [0.1, 0.15) is 17.0 Å². The van der Waals surface area contributed by atoms with Gasteiger partial charge in [0, 0.05) is 29.9 Å². The summed E-state index contributed by atoms with van der Waals surface area (Å²) in [5, 5.41) is 26.6. The van der Waals surface area contributed by atoms with Gasteiger partial charge in [-0.05, 0) is 31.5 Å². The van der Waals surface area contributed by atoms with Gasteiger partial charge in [0.15, 0.2) is 0 Å². The lowest BCUT2D eigenvalue weighted by Gasteiger charge is -2.16. The molecule has 0 atom stereocenters. The van der Waals surface area contributed by atoms with E-state index in [9.17, 15) is 15.0 Å². The topological polar surface area (TPSA) is 118 Å². The van der Waals surface area contributed by atoms with E-state index < -0.39 is 6.04 Å². The molecule has 0 unspecified atom stereocenters. The molecule has 3 heterocycles. The third-order valence-corrected chi connectivity index (χ3v) is 5.53. The zero-order valence-electron chi connectivity index (χ0n) is 18.3. The number of fused-ring (bicyclic) bond motifs is 1. The number of benzene rings is 1. The molecule has 0 fully saturated rings. The monoisotopic (exact) mass is 434 g/mol. The van der Waals surface area contributed by atoms with Gasteiger partial charge in [-0.2, -0.15) is 5.10 Å². The van der Waals surface area contributed by atoms with Crippen LogP contribution in [0.3, 0.4) is 0 Å². The highest BCUT2D eigenvalue weighted by Gasteiger charge is 2.17. The number of pyridine rings is 1. The van der Waals surface area contributed by atoms with Crippen LogP contribution in [0, 0.1) is 13.8 Å². The lowest BCUT2D eigenvalue weighted by Crippen LogP contribution is -2.29. The molecular weight excluding hydrogens is 408 g/mol. The summed E-state index contributed by atoms with van der Waals surface area (Å²) in [5.74, 6) is 0.173. The van der Waals surface area contributed by atoms with Crippen LogP contribution in [0.25, 0.3) is 22.2 Å². The average Bonchev–Trinajstić information content (AvgIpc) is 3.11. The fraction of sp³-hybridized carbons (Fsp3) is 0.304. The van der Waals surface area contributed by atoms with Crippen molar-refractivity contribution < 1.29 is 10.2 Å². The standard InChI is InChI=1S/C23H26N6O3/c1-14-6-4-5-7-19(14)20-9-16-10-24-23(25-18(12-30)13-31)26-21(16)22(32)29(20)11-17-8-15(2)28(3)27-17/h4-10,18,30-31H,11-13H2,1-3H3,(H,24,25,26). The van der Waals surface area contributed by atoms with Crippen molar-refractivity contribution in [3.05, 3.63) is 69.9 Å². The second kappa shape index (κ2) is 8.89. The van der Waals surface area contributed by atoms with E-state index in [1.54, 1.807) is 15.4 Å². The maximum atomic E-state index is 13.6. The number of aliphatic hydroxyl groups excluding tert-OH is 2. The largest absolute Gasteiger partial charge is 0.394 e. The second-order valence-electron chi connectivity index (χ2n) is 7.84. The molecule has 3 aromatic heterocycles. The number of aromatic nitrogens is 5. The normalized spacial score (nSPS) is 11.4. The Morgan fingerprint density at radius 3 is 2.53 bits per heavy atom. The van der Waals surface area contributed by atoms with Gasteiger partial charge in [0.2, 0.25) is 5.95 Å². The van der Waals surface area contributed by atoms with Crippen molar-refractivity contribution >= 4 is 16.9 Å². The Morgan fingerprint density at radius 1 is 1.12 bits per heavy atom. The Balaban J connectivity index is 1.90. The van der Waals surface area contributed by atoms with E-state index in [2.05, 4.69) is 20.4 Å². The quantitative estimate of drug-likeness (QED) is 0.404. The minimum Gasteiger partial charge on any atom is -0.394 e. The van der Waals surface area contributed by atoms with Crippen molar-refractivity contribution in [2.24, 2.45) is 7.05 Å². The number of hydrogen-bond donors (Lipinski definition) is 3. The van der Waals surface area contributed by atoms with Crippen LogP contribution in [-0.2, 0) is 13.6 Å². The molecule has 0 saturated heterocycles. The first-order chi connectivity index (χ1) is 15.4. The van der Waals surface area contributed by atoms with Gasteiger partial charge in [-0.25, -0.2) is 9.97 Å². The van der Waals surface area contributed by atoms with E-state index in [1.165, 1.54) is 0 Å². The molecule has 4 aromatic rings. The Morgan fingerprint density at radius 2 is 1.88 bits per heavy atom. The number of nitrogens with one attached hydrogen (secondary N) is 1. The van der Waals surface area contributed by atoms with E-state index in [4.69, 9.17) is 0 Å². The smallest absolute Gasteiger partial charge is 0.278 e. The third kappa shape index (κ3) is 4.12. The minimum absolute atomic E-state index is 0.173. The summed E-state index contributed by atoms with van der Waals surface area (Å²) in [5.41, 5.74) is 4.51. The highest BCUT2D eigenvalue weighted by Crippen LogP contribution is 2.25. The number of anilines is 1. The molecule has 0 aliphatic carbocycles. The Labute approximate surface area is 185 Å². The van der Waals surface area contributed by atoms with Gasteiger partial charge >= 0.3 is 0 Å². The van der Waals surface area contributed by atoms with Crippen molar-refractivity contribution in [2.45, 2.75) is 26.4 Å². The zero-order chi connectivity index (χ0) is 22.8. The summed E-state index contributed by atoms with van der Waals surface area (Å²) in [4.78, 5) is 22.3. The van der Waals surface area contributed by atoms with Gasteiger partial charge in [0.05, 0.1) is 37.2 Å². The SMILES string of the molecule is Cc1ccccc1-c1cc2cnc(NC(CO)CO)nc2c(=O)n1Cc1cc(C)n(C)n1. The van der Waals surface area contributed by atoms with Gasteiger partial charge in [-0.3, -0.25) is 9.48 Å². The lowest BCUT2D eigenvalue weighted by molar-refractivity contribution is 0.203. The summed E-state index contributed by atoms with van der Waals surface area (Å²) in [6.45, 7) is 3.70. The summed E-state index contributed by atoms with van der Waals surface area (Å²) >= 11 is 0. The molecule has 0 radical (unpaired) electrons. The van der Waals surface area contributed by atoms with Gasteiger partial charge in [-0.15, -0.1) is 0 Å². The van der Waals surface area contributed by atoms with Gasteiger partial charge in [0.1, 0.15) is 5.52 Å². The van der Waals surface area contributed by atoms with Gasteiger partial charge in [0.25, 0.3) is 5.56 Å². The number of aryl methyl sites for hydroxylation is 3. The maximum absolute atomic E-state index is 13.6. The first kappa shape index (κ1) is 21.7. The molecule has 3 N–H and O–H groups in total. The first-order valence-electron chi connectivity index (χ1n) is 10.4. The van der Waals surface area contributed by atoms with E-state index in [0.29, 0.717) is 11.9 Å². The Hall–Kier alpha value is -3.56. The lowest BCUT2D eigenvalue weighted by atomic mass is 10.0. The highest BCUT2D eigenvalue weighted by molar-refractivity contribution is 5.83. The van der Waals surface area contributed by atoms with Crippen LogP contribution in [-0.4, -0.2) is 53.8 Å². The number of aliphatic hydroxyl groups is 2. The number of nitrogens with zero attached hydrogens (tertiary/aromatic N) is 5. The van der Waals surface area contributed by atoms with Crippen molar-refractivity contribution in [3.8, 4) is 11.3 Å². The predicted octanol–water partition coefficient (Wildman–Crippen LogP) is 1.62. The first-order valence-corrected chi connectivity index (χ1v) is 10.4. The Bertz CT molecular complexity index is 1300. The van der Waals surface area contributed by atoms with Crippen molar-refractivity contribution in [3.63, 3.8) is 0 Å². The number of rotatable bonds is 7. The highest BCUT2D eigenvalue weighted by atomic mass is 16.3. The maximum Gasteiger partial charge on any atom is 0.278 e. The van der Waals surface area contributed by atoms with Crippen LogP contribution in [0.5, 0.6) is 0 Å². The Kier molecular flexibility index (Phi) is 6.02. The second-order valence-corrected chi connectivity index (χ2v) is 7.84. The fourth-order valence-corrected chi connectivity index (χ4v) is 3.65. The summed E-state index contributed by atoms with van der Waals surface area (Å²) < 4.78 is 3.46. The molecular formula is C23H26N6O3. The van der Waals surface area contributed by atoms with Crippen LogP contribution >= 0.6 is 0 Å². The molecule has 0 aliphatic rings. The molecule has 32 heavy (non-hydrogen) atoms. The van der Waals surface area contributed by atoms with E-state index in [-0.39, 0.29) is 30.2 Å². The third-order valence-electron chi connectivity index (χ3n) is 5.53. The van der Waals surface area contributed by atoms with Crippen molar-refractivity contribution in [1.82, 2.24) is 24.3 Å².